The molecule has 3 rings (SSSR count). The summed E-state index contributed by atoms with van der Waals surface area (Å²) in [5.74, 6) is 0.606. The molecule has 0 saturated carbocycles. The van der Waals surface area contributed by atoms with Crippen molar-refractivity contribution in [1.29, 1.82) is 0 Å². The quantitative estimate of drug-likeness (QED) is 0.166. The molecule has 0 aromatic heterocycles. The lowest BCUT2D eigenvalue weighted by Crippen LogP contribution is -2.18. The van der Waals surface area contributed by atoms with Crippen molar-refractivity contribution in [2.24, 2.45) is 5.10 Å². The van der Waals surface area contributed by atoms with Gasteiger partial charge in [0.15, 0.2) is 0 Å². The highest BCUT2D eigenvalue weighted by Gasteiger charge is 2.14. The highest BCUT2D eigenvalue weighted by Crippen LogP contribution is 2.29. The summed E-state index contributed by atoms with van der Waals surface area (Å²) in [7, 11) is 0. The molecule has 0 aliphatic carbocycles. The van der Waals surface area contributed by atoms with Crippen LogP contribution in [0.3, 0.4) is 0 Å². The first-order chi connectivity index (χ1) is 15.1. The first-order valence-electron chi connectivity index (χ1n) is 9.94. The van der Waals surface area contributed by atoms with Gasteiger partial charge in [-0.3, -0.25) is 4.79 Å². The van der Waals surface area contributed by atoms with Crippen LogP contribution in [-0.4, -0.2) is 12.1 Å². The van der Waals surface area contributed by atoms with E-state index < -0.39 is 0 Å². The normalized spacial score (nSPS) is 11.6. The molecule has 4 nitrogen and oxygen atoms in total. The molecule has 1 amide bonds. The van der Waals surface area contributed by atoms with Gasteiger partial charge in [-0.25, -0.2) is 5.43 Å². The zero-order valence-electron chi connectivity index (χ0n) is 18.0. The number of nitrogens with one attached hydrogen (secondary N) is 1. The van der Waals surface area contributed by atoms with Crippen molar-refractivity contribution in [2.75, 3.05) is 0 Å². The van der Waals surface area contributed by atoms with Crippen LogP contribution in [0.15, 0.2) is 70.2 Å². The third kappa shape index (κ3) is 7.02. The maximum Gasteiger partial charge on any atom is 0.271 e. The van der Waals surface area contributed by atoms with Gasteiger partial charge in [-0.05, 0) is 104 Å². The van der Waals surface area contributed by atoms with Crippen LogP contribution in [0.4, 0.5) is 0 Å². The molecule has 32 heavy (non-hydrogen) atoms. The zero-order valence-corrected chi connectivity index (χ0v) is 23.9. The highest BCUT2D eigenvalue weighted by atomic mass is 127. The van der Waals surface area contributed by atoms with E-state index >= 15 is 0 Å². The molecule has 0 fully saturated rings. The molecule has 0 spiro atoms. The summed E-state index contributed by atoms with van der Waals surface area (Å²) in [6.45, 7) is 6.93. The van der Waals surface area contributed by atoms with Gasteiger partial charge in [0.2, 0.25) is 0 Å². The van der Waals surface area contributed by atoms with Crippen molar-refractivity contribution < 1.29 is 9.53 Å². The molecule has 0 saturated heterocycles. The summed E-state index contributed by atoms with van der Waals surface area (Å²) >= 11 is 7.96. The number of amides is 1. The molecule has 0 bridgehead atoms. The summed E-state index contributed by atoms with van der Waals surface area (Å²) in [5.41, 5.74) is 6.40. The Morgan fingerprint density at radius 1 is 1.03 bits per heavy atom. The number of nitrogens with zero attached hydrogens (tertiary/aromatic N) is 1. The molecule has 0 aliphatic rings. The van der Waals surface area contributed by atoms with Crippen LogP contribution < -0.4 is 10.2 Å². The Labute approximate surface area is 224 Å². The van der Waals surface area contributed by atoms with Crippen LogP contribution in [0.5, 0.6) is 5.75 Å². The molecule has 166 valence electrons. The van der Waals surface area contributed by atoms with Gasteiger partial charge >= 0.3 is 0 Å². The predicted octanol–water partition coefficient (Wildman–Crippen LogP) is 7.30. The third-order valence-electron chi connectivity index (χ3n) is 4.71. The Kier molecular flexibility index (Phi) is 8.74. The van der Waals surface area contributed by atoms with Gasteiger partial charge < -0.3 is 4.74 Å². The fourth-order valence-electron chi connectivity index (χ4n) is 2.88. The van der Waals surface area contributed by atoms with Crippen molar-refractivity contribution in [3.05, 3.63) is 94.5 Å². The molecule has 7 heteroatoms. The number of carbonyl (C=O) groups excluding carboxylic acids is 1. The van der Waals surface area contributed by atoms with Crippen LogP contribution in [0.2, 0.25) is 0 Å². The minimum atomic E-state index is -0.236. The Hall–Kier alpha value is -1.46. The number of hydrogen-bond acceptors (Lipinski definition) is 3. The first kappa shape index (κ1) is 25.2. The minimum Gasteiger partial charge on any atom is -0.487 e. The van der Waals surface area contributed by atoms with Crippen molar-refractivity contribution in [1.82, 2.24) is 5.43 Å². The standard InChI is InChI=1S/C25H23BrI2N2O2/c1-25(2,3)19-8-6-18(7-9-19)24(31)30-29-14-17-12-21(27)23(22(28)13-17)32-15-16-4-10-20(26)11-5-16/h4-14H,15H2,1-3H3,(H,30,31)/b29-14-. The van der Waals surface area contributed by atoms with E-state index in [0.717, 1.165) is 28.5 Å². The second kappa shape index (κ2) is 11.1. The molecule has 0 radical (unpaired) electrons. The summed E-state index contributed by atoms with van der Waals surface area (Å²) < 4.78 is 9.05. The second-order valence-corrected chi connectivity index (χ2v) is 11.5. The molecule has 0 atom stereocenters. The van der Waals surface area contributed by atoms with Gasteiger partial charge in [0.1, 0.15) is 12.4 Å². The lowest BCUT2D eigenvalue weighted by atomic mass is 9.87. The van der Waals surface area contributed by atoms with Crippen LogP contribution >= 0.6 is 61.1 Å². The van der Waals surface area contributed by atoms with E-state index in [4.69, 9.17) is 4.74 Å². The molecule has 0 heterocycles. The summed E-state index contributed by atoms with van der Waals surface area (Å²) in [4.78, 5) is 12.4. The van der Waals surface area contributed by atoms with E-state index in [0.29, 0.717) is 12.2 Å². The summed E-state index contributed by atoms with van der Waals surface area (Å²) in [5, 5.41) is 4.13. The Morgan fingerprint density at radius 3 is 2.19 bits per heavy atom. The first-order valence-corrected chi connectivity index (χ1v) is 12.9. The Bertz CT molecular complexity index is 1100. The SMILES string of the molecule is CC(C)(C)c1ccc(C(=O)N/N=C\c2cc(I)c(OCc3ccc(Br)cc3)c(I)c2)cc1. The number of benzene rings is 3. The average molecular weight is 717 g/mol. The smallest absolute Gasteiger partial charge is 0.271 e. The molecule has 3 aromatic rings. The number of ether oxygens (including phenoxy) is 1. The van der Waals surface area contributed by atoms with Crippen molar-refractivity contribution in [3.63, 3.8) is 0 Å². The molecule has 1 N–H and O–H groups in total. The topological polar surface area (TPSA) is 50.7 Å². The predicted molar refractivity (Wildman–Crippen MR) is 151 cm³/mol. The van der Waals surface area contributed by atoms with E-state index in [1.807, 2.05) is 60.7 Å². The molecular weight excluding hydrogens is 694 g/mol. The largest absolute Gasteiger partial charge is 0.487 e. The molecule has 0 aliphatic heterocycles. The third-order valence-corrected chi connectivity index (χ3v) is 6.84. The maximum atomic E-state index is 12.4. The lowest BCUT2D eigenvalue weighted by molar-refractivity contribution is 0.0955. The zero-order chi connectivity index (χ0) is 23.3. The summed E-state index contributed by atoms with van der Waals surface area (Å²) in [6.07, 6.45) is 1.64. The number of rotatable bonds is 6. The van der Waals surface area contributed by atoms with Crippen LogP contribution in [0.1, 0.15) is 47.8 Å². The Morgan fingerprint density at radius 2 is 1.62 bits per heavy atom. The fourth-order valence-corrected chi connectivity index (χ4v) is 5.27. The minimum absolute atomic E-state index is 0.0512. The van der Waals surface area contributed by atoms with E-state index in [1.54, 1.807) is 6.21 Å². The number of halogens is 3. The van der Waals surface area contributed by atoms with Gasteiger partial charge in [-0.2, -0.15) is 5.10 Å². The van der Waals surface area contributed by atoms with E-state index in [2.05, 4.69) is 92.4 Å². The summed E-state index contributed by atoms with van der Waals surface area (Å²) in [6, 6.07) is 19.6. The van der Waals surface area contributed by atoms with Crippen molar-refractivity contribution in [3.8, 4) is 5.75 Å². The number of hydrogen-bond donors (Lipinski definition) is 1. The van der Waals surface area contributed by atoms with E-state index in [9.17, 15) is 4.79 Å². The molecule has 3 aromatic carbocycles. The highest BCUT2D eigenvalue weighted by molar-refractivity contribution is 14.1. The molecular formula is C25H23BrI2N2O2. The van der Waals surface area contributed by atoms with Gasteiger partial charge in [-0.15, -0.1) is 0 Å². The number of hydrazone groups is 1. The lowest BCUT2D eigenvalue weighted by Gasteiger charge is -2.18. The average Bonchev–Trinajstić information content (AvgIpc) is 2.74. The fraction of sp³-hybridized carbons (Fsp3) is 0.200. The monoisotopic (exact) mass is 716 g/mol. The van der Waals surface area contributed by atoms with Gasteiger partial charge in [-0.1, -0.05) is 61.0 Å². The molecule has 0 unspecified atom stereocenters. The van der Waals surface area contributed by atoms with Gasteiger partial charge in [0, 0.05) is 10.0 Å². The number of carbonyl (C=O) groups is 1. The van der Waals surface area contributed by atoms with Crippen LogP contribution in [0, 0.1) is 7.14 Å². The van der Waals surface area contributed by atoms with Crippen LogP contribution in [0.25, 0.3) is 0 Å². The van der Waals surface area contributed by atoms with Crippen LogP contribution in [-0.2, 0) is 12.0 Å². The Balaban J connectivity index is 1.62. The van der Waals surface area contributed by atoms with Gasteiger partial charge in [0.05, 0.1) is 13.4 Å². The maximum absolute atomic E-state index is 12.4. The van der Waals surface area contributed by atoms with Gasteiger partial charge in [0.25, 0.3) is 5.91 Å². The second-order valence-electron chi connectivity index (χ2n) is 8.26. The van der Waals surface area contributed by atoms with Crippen molar-refractivity contribution >= 4 is 73.2 Å². The van der Waals surface area contributed by atoms with E-state index in [-0.39, 0.29) is 11.3 Å². The van der Waals surface area contributed by atoms with E-state index in [1.165, 1.54) is 5.56 Å². The van der Waals surface area contributed by atoms with Crippen molar-refractivity contribution in [2.45, 2.75) is 32.8 Å².